The molecule has 1 aliphatic heterocycles. The number of amides is 1. The lowest BCUT2D eigenvalue weighted by Crippen LogP contribution is -2.36. The van der Waals surface area contributed by atoms with Gasteiger partial charge in [-0.05, 0) is 32.3 Å². The maximum atomic E-state index is 11.8. The van der Waals surface area contributed by atoms with Crippen molar-refractivity contribution in [3.8, 4) is 5.75 Å². The molecule has 1 amide bonds. The van der Waals surface area contributed by atoms with Crippen LogP contribution in [-0.4, -0.2) is 35.5 Å². The number of fused-ring (bicyclic) bond motifs is 1. The summed E-state index contributed by atoms with van der Waals surface area (Å²) in [7, 11) is -1.55. The molecular weight excluding hydrogens is 261 g/mol. The molecule has 0 aromatic heterocycles. The molecule has 3 N–H and O–H groups in total. The zero-order chi connectivity index (χ0) is 14.9. The number of nitrogens with one attached hydrogen (secondary N) is 1. The molecule has 20 heavy (non-hydrogen) atoms. The summed E-state index contributed by atoms with van der Waals surface area (Å²) in [5.74, 6) is 0.621. The van der Waals surface area contributed by atoms with Gasteiger partial charge in [-0.15, -0.1) is 0 Å². The van der Waals surface area contributed by atoms with E-state index in [2.05, 4.69) is 5.32 Å². The second-order valence-corrected chi connectivity index (χ2v) is 5.68. The van der Waals surface area contributed by atoms with Gasteiger partial charge in [0.2, 0.25) is 0 Å². The topological polar surface area (TPSA) is 88.0 Å². The third-order valence-corrected chi connectivity index (χ3v) is 2.80. The predicted octanol–water partition coefficient (Wildman–Crippen LogP) is 0.325. The third kappa shape index (κ3) is 3.43. The first-order valence-electron chi connectivity index (χ1n) is 6.38. The highest BCUT2D eigenvalue weighted by Crippen LogP contribution is 2.31. The molecule has 7 heteroatoms. The second-order valence-electron chi connectivity index (χ2n) is 5.68. The van der Waals surface area contributed by atoms with Gasteiger partial charge >= 0.3 is 13.2 Å². The lowest BCUT2D eigenvalue weighted by molar-refractivity contribution is 0.0497. The van der Waals surface area contributed by atoms with E-state index in [0.717, 1.165) is 0 Å². The molecule has 1 aromatic rings. The number of carbonyl (C=O) groups is 1. The first kappa shape index (κ1) is 14.7. The molecule has 0 spiro atoms. The van der Waals surface area contributed by atoms with Gasteiger partial charge in [0.25, 0.3) is 0 Å². The van der Waals surface area contributed by atoms with Gasteiger partial charge in [-0.25, -0.2) is 4.79 Å². The van der Waals surface area contributed by atoms with Crippen molar-refractivity contribution in [1.29, 1.82) is 0 Å². The van der Waals surface area contributed by atoms with E-state index in [1.165, 1.54) is 0 Å². The number of ether oxygens (including phenoxy) is 2. The van der Waals surface area contributed by atoms with Gasteiger partial charge in [-0.3, -0.25) is 0 Å². The van der Waals surface area contributed by atoms with Crippen LogP contribution in [0.4, 0.5) is 4.79 Å². The summed E-state index contributed by atoms with van der Waals surface area (Å²) in [6, 6.07) is 4.47. The summed E-state index contributed by atoms with van der Waals surface area (Å²) >= 11 is 0. The van der Waals surface area contributed by atoms with Crippen molar-refractivity contribution in [2.24, 2.45) is 0 Å². The van der Waals surface area contributed by atoms with E-state index in [1.807, 2.05) is 0 Å². The van der Waals surface area contributed by atoms with Crippen molar-refractivity contribution >= 4 is 18.7 Å². The highest BCUT2D eigenvalue weighted by molar-refractivity contribution is 6.58. The quantitative estimate of drug-likeness (QED) is 0.679. The van der Waals surface area contributed by atoms with Crippen LogP contribution in [0.2, 0.25) is 0 Å². The largest absolute Gasteiger partial charge is 0.491 e. The summed E-state index contributed by atoms with van der Waals surface area (Å²) in [4.78, 5) is 11.8. The van der Waals surface area contributed by atoms with Crippen LogP contribution in [-0.2, 0) is 4.74 Å². The van der Waals surface area contributed by atoms with E-state index < -0.39 is 18.8 Å². The minimum atomic E-state index is -1.55. The fourth-order valence-corrected chi connectivity index (χ4v) is 1.96. The summed E-state index contributed by atoms with van der Waals surface area (Å²) in [5.41, 5.74) is 0.488. The van der Waals surface area contributed by atoms with Crippen LogP contribution in [0, 0.1) is 0 Å². The summed E-state index contributed by atoms with van der Waals surface area (Å²) < 4.78 is 10.6. The zero-order valence-electron chi connectivity index (χ0n) is 11.7. The van der Waals surface area contributed by atoms with Gasteiger partial charge < -0.3 is 24.8 Å². The first-order valence-corrected chi connectivity index (χ1v) is 6.38. The third-order valence-electron chi connectivity index (χ3n) is 2.80. The molecule has 0 fully saturated rings. The van der Waals surface area contributed by atoms with Gasteiger partial charge in [0, 0.05) is 5.56 Å². The molecule has 0 unspecified atom stereocenters. The summed E-state index contributed by atoms with van der Waals surface area (Å²) in [5, 5.41) is 21.1. The Morgan fingerprint density at radius 2 is 2.15 bits per heavy atom. The Hall–Kier alpha value is -1.73. The molecule has 0 bridgehead atoms. The Kier molecular flexibility index (Phi) is 3.92. The lowest BCUT2D eigenvalue weighted by atomic mass is 9.79. The standard InChI is InChI=1S/C13H18BNO5/c1-13(2,3)20-12(16)15-10-7-19-11-5-4-8(14(17)18)6-9(10)11/h4-6,10,17-18H,7H2,1-3H3,(H,15,16)/t10-/m1/s1. The van der Waals surface area contributed by atoms with Gasteiger partial charge in [-0.1, -0.05) is 12.1 Å². The molecule has 0 aliphatic carbocycles. The van der Waals surface area contributed by atoms with E-state index in [9.17, 15) is 14.8 Å². The second kappa shape index (κ2) is 5.34. The number of rotatable bonds is 2. The molecule has 0 saturated carbocycles. The Balaban J connectivity index is 2.11. The first-order chi connectivity index (χ1) is 9.26. The van der Waals surface area contributed by atoms with E-state index in [-0.39, 0.29) is 6.04 Å². The van der Waals surface area contributed by atoms with Crippen molar-refractivity contribution in [1.82, 2.24) is 5.32 Å². The molecular formula is C13H18BNO5. The Morgan fingerprint density at radius 3 is 2.75 bits per heavy atom. The summed E-state index contributed by atoms with van der Waals surface area (Å²) in [6.45, 7) is 5.64. The normalized spacial score (nSPS) is 17.1. The van der Waals surface area contributed by atoms with Crippen molar-refractivity contribution in [3.63, 3.8) is 0 Å². The molecule has 1 atom stereocenters. The maximum absolute atomic E-state index is 11.8. The van der Waals surface area contributed by atoms with E-state index >= 15 is 0 Å². The van der Waals surface area contributed by atoms with Crippen LogP contribution in [0.3, 0.4) is 0 Å². The smallest absolute Gasteiger partial charge is 0.488 e. The molecule has 1 heterocycles. The average molecular weight is 279 g/mol. The highest BCUT2D eigenvalue weighted by atomic mass is 16.6. The number of benzene rings is 1. The molecule has 108 valence electrons. The molecule has 0 saturated heterocycles. The number of carbonyl (C=O) groups excluding carboxylic acids is 1. The van der Waals surface area contributed by atoms with Crippen molar-refractivity contribution in [2.75, 3.05) is 6.61 Å². The fourth-order valence-electron chi connectivity index (χ4n) is 1.96. The van der Waals surface area contributed by atoms with Crippen LogP contribution < -0.4 is 15.5 Å². The van der Waals surface area contributed by atoms with Crippen LogP contribution in [0.25, 0.3) is 0 Å². The van der Waals surface area contributed by atoms with Crippen LogP contribution >= 0.6 is 0 Å². The maximum Gasteiger partial charge on any atom is 0.488 e. The molecule has 2 rings (SSSR count). The zero-order valence-corrected chi connectivity index (χ0v) is 11.7. The average Bonchev–Trinajstić information content (AvgIpc) is 2.69. The number of hydrogen-bond acceptors (Lipinski definition) is 5. The van der Waals surface area contributed by atoms with Gasteiger partial charge in [0.1, 0.15) is 18.0 Å². The van der Waals surface area contributed by atoms with Crippen LogP contribution in [0.5, 0.6) is 5.75 Å². The minimum absolute atomic E-state index is 0.291. The van der Waals surface area contributed by atoms with Gasteiger partial charge in [0.15, 0.2) is 0 Å². The highest BCUT2D eigenvalue weighted by Gasteiger charge is 2.29. The Bertz CT molecular complexity index is 512. The van der Waals surface area contributed by atoms with Crippen molar-refractivity contribution in [3.05, 3.63) is 23.8 Å². The molecule has 6 nitrogen and oxygen atoms in total. The Labute approximate surface area is 117 Å². The lowest BCUT2D eigenvalue weighted by Gasteiger charge is -2.21. The van der Waals surface area contributed by atoms with Crippen LogP contribution in [0.1, 0.15) is 32.4 Å². The van der Waals surface area contributed by atoms with E-state index in [1.54, 1.807) is 39.0 Å². The van der Waals surface area contributed by atoms with Crippen molar-refractivity contribution < 1.29 is 24.3 Å². The SMILES string of the molecule is CC(C)(C)OC(=O)N[C@@H]1COc2ccc(B(O)O)cc21. The van der Waals surface area contributed by atoms with Gasteiger partial charge in [0.05, 0.1) is 6.04 Å². The van der Waals surface area contributed by atoms with Crippen LogP contribution in [0.15, 0.2) is 18.2 Å². The molecule has 0 radical (unpaired) electrons. The molecule has 1 aromatic carbocycles. The minimum Gasteiger partial charge on any atom is -0.491 e. The fraction of sp³-hybridized carbons (Fsp3) is 0.462. The summed E-state index contributed by atoms with van der Waals surface area (Å²) in [6.07, 6.45) is -0.533. The van der Waals surface area contributed by atoms with E-state index in [0.29, 0.717) is 23.4 Å². The number of hydrogen-bond donors (Lipinski definition) is 3. The Morgan fingerprint density at radius 1 is 1.45 bits per heavy atom. The van der Waals surface area contributed by atoms with Crippen molar-refractivity contribution in [2.45, 2.75) is 32.4 Å². The monoisotopic (exact) mass is 279 g/mol. The predicted molar refractivity (Wildman–Crippen MR) is 73.9 cm³/mol. The van der Waals surface area contributed by atoms with Gasteiger partial charge in [-0.2, -0.15) is 0 Å². The number of alkyl carbamates (subject to hydrolysis) is 1. The van der Waals surface area contributed by atoms with E-state index in [4.69, 9.17) is 9.47 Å². The molecule has 1 aliphatic rings.